The van der Waals surface area contributed by atoms with E-state index in [0.717, 1.165) is 5.34 Å². The largest absolute Gasteiger partial charge is 0.693 e. The van der Waals surface area contributed by atoms with Crippen molar-refractivity contribution in [3.63, 3.8) is 0 Å². The van der Waals surface area contributed by atoms with Gasteiger partial charge in [0.05, 0.1) is 0 Å². The van der Waals surface area contributed by atoms with E-state index < -0.39 is 16.5 Å². The average Bonchev–Trinajstić information content (AvgIpc) is 1.39. The summed E-state index contributed by atoms with van der Waals surface area (Å²) < 4.78 is 0. The van der Waals surface area contributed by atoms with Crippen LogP contribution in [-0.2, 0) is 16.5 Å². The van der Waals surface area contributed by atoms with Crippen LogP contribution < -0.4 is 0 Å². The molecule has 0 aromatic rings. The van der Waals surface area contributed by atoms with Crippen molar-refractivity contribution in [2.24, 2.45) is 5.34 Å². The van der Waals surface area contributed by atoms with Crippen LogP contribution in [0.2, 0.25) is 0 Å². The summed E-state index contributed by atoms with van der Waals surface area (Å²) in [5.74, 6) is 0. The van der Waals surface area contributed by atoms with Gasteiger partial charge in [0.1, 0.15) is 0 Å². The molecule has 0 fully saturated rings. The fourth-order valence-corrected chi connectivity index (χ4v) is 0. The number of hydrogen-bond donors (Lipinski definition) is 0. The molecule has 0 radical (unpaired) electrons. The third-order valence-electron chi connectivity index (χ3n) is 0. The van der Waals surface area contributed by atoms with E-state index in [1.165, 1.54) is 0 Å². The molecule has 66 valence electrons. The molecule has 4 N–H and O–H groups in total. The van der Waals surface area contributed by atoms with Gasteiger partial charge >= 0.3 is 35.3 Å². The van der Waals surface area contributed by atoms with Crippen molar-refractivity contribution in [3.05, 3.63) is 29.8 Å². The predicted molar refractivity (Wildman–Crippen MR) is 37.9 cm³/mol. The number of hydrogen-bond acceptors (Lipinski definition) is 3. The van der Waals surface area contributed by atoms with Crippen LogP contribution in [-0.4, -0.2) is 0 Å². The summed E-state index contributed by atoms with van der Waals surface area (Å²) in [5.41, 5.74) is 0. The standard InChI is InChI=1S/CH3.2ClH.HNO2.2H2N.Pt/c;;;2-1-3;;;/h1H3;2*1H;(H,2,3);2*1H2;/q-1;;;;2*-1;+2/p-3. The molecule has 5 nitrogen and oxygen atoms in total. The van der Waals surface area contributed by atoms with E-state index in [4.69, 9.17) is 29.0 Å². The Balaban J connectivity index is -0.00000000889. The van der Waals surface area contributed by atoms with Crippen molar-refractivity contribution in [1.29, 1.82) is 0 Å². The van der Waals surface area contributed by atoms with Gasteiger partial charge in [0.2, 0.25) is 0 Å². The number of rotatable bonds is 0. The third kappa shape index (κ3) is 1080. The van der Waals surface area contributed by atoms with Crippen molar-refractivity contribution in [2.75, 3.05) is 0 Å². The van der Waals surface area contributed by atoms with Crippen molar-refractivity contribution >= 4 is 18.8 Å². The van der Waals surface area contributed by atoms with E-state index >= 15 is 0 Å². The van der Waals surface area contributed by atoms with Gasteiger partial charge in [-0.05, 0) is 0 Å². The Morgan fingerprint density at radius 1 is 1.33 bits per heavy atom. The first-order chi connectivity index (χ1) is 2.83. The predicted octanol–water partition coefficient (Wildman–Crippen LogP) is 3.51. The zero-order valence-corrected chi connectivity index (χ0v) is 8.27. The molecule has 0 aliphatic rings. The van der Waals surface area contributed by atoms with Gasteiger partial charge in [-0.2, -0.15) is 0 Å². The average molecular weight is 359 g/mol. The molecule has 0 atom stereocenters. The Bertz CT molecular complexity index is 33.8. The van der Waals surface area contributed by atoms with Gasteiger partial charge in [-0.15, -0.1) is 5.34 Å². The van der Waals surface area contributed by atoms with Crippen LogP contribution in [0.3, 0.4) is 0 Å². The summed E-state index contributed by atoms with van der Waals surface area (Å²) in [4.78, 5) is 8.00. The first-order valence-electron chi connectivity index (χ1n) is 0.604. The molecule has 0 aromatic carbocycles. The minimum atomic E-state index is -0.472. The van der Waals surface area contributed by atoms with E-state index in [9.17, 15) is 0 Å². The second-order valence-electron chi connectivity index (χ2n) is 0.120. The van der Waals surface area contributed by atoms with Crippen LogP contribution in [0.15, 0.2) is 5.34 Å². The molecule has 0 spiro atoms. The topological polar surface area (TPSA) is 119 Å². The van der Waals surface area contributed by atoms with E-state index in [1.807, 2.05) is 0 Å². The summed E-state index contributed by atoms with van der Waals surface area (Å²) in [5, 5.41) is 9.00. The molecule has 0 amide bonds. The maximum absolute atomic E-state index is 8.00. The zero-order chi connectivity index (χ0) is 5.41. The summed E-state index contributed by atoms with van der Waals surface area (Å²) in [6.45, 7) is 0. The SMILES string of the molecule is O=N[O-].[CH3-].[Cl][Pt][Cl].[NH2-].[NH2-]. The van der Waals surface area contributed by atoms with E-state index in [-0.39, 0.29) is 19.7 Å². The molecule has 0 aliphatic heterocycles. The van der Waals surface area contributed by atoms with Crippen LogP contribution in [0.4, 0.5) is 0 Å². The number of nitrogens with zero attached hydrogens (tertiary/aromatic N) is 1. The molecule has 0 heterocycles. The van der Waals surface area contributed by atoms with Crippen LogP contribution in [0.25, 0.3) is 12.3 Å². The van der Waals surface area contributed by atoms with E-state index in [2.05, 4.69) is 0 Å². The van der Waals surface area contributed by atoms with Gasteiger partial charge in [0.25, 0.3) is 0 Å². The van der Waals surface area contributed by atoms with Crippen LogP contribution >= 0.6 is 18.8 Å². The number of nitrogens with two attached hydrogens (primary N) is 2. The summed E-state index contributed by atoms with van der Waals surface area (Å²) in [6.07, 6.45) is 0. The molecular formula is CH7Cl2N3O2Pt-4. The molecular weight excluding hydrogens is 352 g/mol. The van der Waals surface area contributed by atoms with Crippen molar-refractivity contribution in [1.82, 2.24) is 0 Å². The smallest absolute Gasteiger partial charge is 0.693 e. The quantitative estimate of drug-likeness (QED) is 0.374. The van der Waals surface area contributed by atoms with Crippen molar-refractivity contribution in [3.8, 4) is 0 Å². The molecule has 0 saturated heterocycles. The molecule has 0 saturated carbocycles. The molecule has 0 bridgehead atoms. The fraction of sp³-hybridized carbons (Fsp3) is 0. The molecule has 8 heteroatoms. The van der Waals surface area contributed by atoms with Crippen molar-refractivity contribution in [2.45, 2.75) is 0 Å². The maximum Gasteiger partial charge on any atom is -0.693 e. The third-order valence-corrected chi connectivity index (χ3v) is 0. The summed E-state index contributed by atoms with van der Waals surface area (Å²) in [6, 6.07) is 0. The molecule has 9 heavy (non-hydrogen) atoms. The maximum atomic E-state index is 8.00. The first kappa shape index (κ1) is 33.6. The Morgan fingerprint density at radius 3 is 1.33 bits per heavy atom. The Hall–Kier alpha value is 0.588. The Labute approximate surface area is 70.6 Å². The van der Waals surface area contributed by atoms with Crippen LogP contribution in [0, 0.1) is 17.5 Å². The number of halogens is 2. The second-order valence-corrected chi connectivity index (χ2v) is 3.40. The molecule has 0 rings (SSSR count). The summed E-state index contributed by atoms with van der Waals surface area (Å²) in [7, 11) is 9.75. The summed E-state index contributed by atoms with van der Waals surface area (Å²) >= 11 is -0.472. The Kier molecular flexibility index (Phi) is 276. The van der Waals surface area contributed by atoms with E-state index in [0.29, 0.717) is 0 Å². The Morgan fingerprint density at radius 2 is 1.33 bits per heavy atom. The zero-order valence-electron chi connectivity index (χ0n) is 4.49. The normalized spacial score (nSPS) is 3.78. The minimum Gasteiger partial charge on any atom is -0.693 e. The second kappa shape index (κ2) is 73.8. The van der Waals surface area contributed by atoms with Gasteiger partial charge < -0.3 is 29.8 Å². The molecule has 0 aliphatic carbocycles. The minimum absolute atomic E-state index is 0. The van der Waals surface area contributed by atoms with Crippen LogP contribution in [0.5, 0.6) is 0 Å². The van der Waals surface area contributed by atoms with Gasteiger partial charge in [-0.1, -0.05) is 0 Å². The monoisotopic (exact) mass is 358 g/mol. The molecule has 0 unspecified atom stereocenters. The fourth-order valence-electron chi connectivity index (χ4n) is 0. The van der Waals surface area contributed by atoms with Gasteiger partial charge in [-0.25, -0.2) is 0 Å². The van der Waals surface area contributed by atoms with Gasteiger partial charge in [-0.3, -0.25) is 0 Å². The van der Waals surface area contributed by atoms with Gasteiger partial charge in [0.15, 0.2) is 0 Å². The van der Waals surface area contributed by atoms with Crippen LogP contribution in [0.1, 0.15) is 0 Å². The van der Waals surface area contributed by atoms with E-state index in [1.54, 1.807) is 0 Å². The van der Waals surface area contributed by atoms with Crippen molar-refractivity contribution < 1.29 is 16.5 Å². The van der Waals surface area contributed by atoms with Gasteiger partial charge in [0, 0.05) is 0 Å². The first-order valence-corrected chi connectivity index (χ1v) is 6.24. The molecule has 0 aromatic heterocycles.